The molecule has 6 nitrogen and oxygen atoms in total. The van der Waals surface area contributed by atoms with Crippen LogP contribution in [-0.2, 0) is 10.4 Å². The molecule has 0 heterocycles. The summed E-state index contributed by atoms with van der Waals surface area (Å²) in [5.41, 5.74) is 6.20. The Morgan fingerprint density at radius 1 is 1.21 bits per heavy atom. The first-order valence-corrected chi connectivity index (χ1v) is 4.68. The summed E-state index contributed by atoms with van der Waals surface area (Å²) in [6.07, 6.45) is 0. The normalized spacial score (nSPS) is 9.43. The molecule has 7 heteroatoms. The van der Waals surface area contributed by atoms with Gasteiger partial charge in [0.1, 0.15) is 5.69 Å². The van der Waals surface area contributed by atoms with E-state index in [2.05, 4.69) is 18.7 Å². The van der Waals surface area contributed by atoms with Crippen LogP contribution in [0.25, 0.3) is 0 Å². The maximum absolute atomic E-state index is 8.52. The fourth-order valence-electron chi connectivity index (χ4n) is 0.610. The second-order valence-corrected chi connectivity index (χ2v) is 3.15. The Bertz CT molecular complexity index is 335. The van der Waals surface area contributed by atoms with Crippen LogP contribution < -0.4 is 11.9 Å². The first-order valence-electron chi connectivity index (χ1n) is 3.35. The lowest BCUT2D eigenvalue weighted by molar-refractivity contribution is -0.255. The van der Waals surface area contributed by atoms with Gasteiger partial charge in [-0.3, -0.25) is 8.42 Å². The molecule has 0 aliphatic heterocycles. The molecule has 1 aromatic carbocycles. The molecule has 0 spiro atoms. The van der Waals surface area contributed by atoms with Gasteiger partial charge < -0.3 is 21.0 Å². The van der Waals surface area contributed by atoms with Crippen LogP contribution in [0.4, 0.5) is 5.69 Å². The molecule has 0 bridgehead atoms. The minimum atomic E-state index is -5.17. The summed E-state index contributed by atoms with van der Waals surface area (Å²) in [6, 6.07) is 8.08. The van der Waals surface area contributed by atoms with E-state index in [9.17, 15) is 0 Å². The van der Waals surface area contributed by atoms with Crippen LogP contribution in [0, 0.1) is 6.92 Å². The van der Waals surface area contributed by atoms with Crippen LogP contribution in [0.1, 0.15) is 5.56 Å². The van der Waals surface area contributed by atoms with Gasteiger partial charge in [-0.25, -0.2) is 0 Å². The van der Waals surface area contributed by atoms with E-state index in [-0.39, 0.29) is 6.15 Å². The van der Waals surface area contributed by atoms with Gasteiger partial charge in [-0.2, -0.15) is 0 Å². The molecule has 0 fully saturated rings. The molecule has 14 heavy (non-hydrogen) atoms. The minimum Gasteiger partial charge on any atom is -0.759 e. The van der Waals surface area contributed by atoms with E-state index in [0.717, 1.165) is 5.69 Å². The predicted octanol–water partition coefficient (Wildman–Crippen LogP) is -0.0934. The SMILES string of the molecule is Cc1ccccc1[NH3+].O=S(=O)([O-])[O-].[NH4+]. The molecule has 1 rings (SSSR count). The quantitative estimate of drug-likeness (QED) is 0.466. The van der Waals surface area contributed by atoms with Crippen molar-refractivity contribution in [1.29, 1.82) is 0 Å². The molecule has 0 aliphatic carbocycles. The maximum Gasteiger partial charge on any atom is 0.130 e. The van der Waals surface area contributed by atoms with E-state index in [4.69, 9.17) is 17.5 Å². The summed E-state index contributed by atoms with van der Waals surface area (Å²) in [5.74, 6) is 0. The molecule has 0 radical (unpaired) electrons. The predicted molar refractivity (Wildman–Crippen MR) is 50.2 cm³/mol. The van der Waals surface area contributed by atoms with Crippen LogP contribution in [0.2, 0.25) is 0 Å². The Kier molecular flexibility index (Phi) is 7.15. The number of hydrogen-bond donors (Lipinski definition) is 2. The van der Waals surface area contributed by atoms with E-state index < -0.39 is 10.4 Å². The molecule has 0 amide bonds. The van der Waals surface area contributed by atoms with Crippen molar-refractivity contribution in [1.82, 2.24) is 6.15 Å². The summed E-state index contributed by atoms with van der Waals surface area (Å²) >= 11 is 0. The van der Waals surface area contributed by atoms with E-state index in [1.807, 2.05) is 18.2 Å². The average molecular weight is 222 g/mol. The minimum absolute atomic E-state index is 0. The van der Waals surface area contributed by atoms with Gasteiger partial charge >= 0.3 is 0 Å². The summed E-state index contributed by atoms with van der Waals surface area (Å²) in [6.45, 7) is 2.06. The second kappa shape index (κ2) is 6.46. The number of benzene rings is 1. The third-order valence-electron chi connectivity index (χ3n) is 1.26. The van der Waals surface area contributed by atoms with Crippen molar-refractivity contribution < 1.29 is 23.3 Å². The Hall–Kier alpha value is -0.990. The standard InChI is InChI=1S/C7H9N.H3N.H2O4S/c1-6-4-2-3-5-7(6)8;;1-5(2,3)4/h2-5H,8H2,1H3;1H3;(H2,1,2,3,4). The molecule has 1 aromatic rings. The summed E-state index contributed by atoms with van der Waals surface area (Å²) in [7, 11) is -5.17. The largest absolute Gasteiger partial charge is 0.759 e. The highest BCUT2D eigenvalue weighted by atomic mass is 32.3. The van der Waals surface area contributed by atoms with Gasteiger partial charge in [0, 0.05) is 16.0 Å². The highest BCUT2D eigenvalue weighted by Gasteiger charge is 1.89. The molecule has 0 saturated carbocycles. The van der Waals surface area contributed by atoms with Crippen LogP contribution in [0.3, 0.4) is 0 Å². The van der Waals surface area contributed by atoms with Crippen molar-refractivity contribution in [2.45, 2.75) is 6.92 Å². The molecule has 0 unspecified atom stereocenters. The molecule has 0 aromatic heterocycles. The van der Waals surface area contributed by atoms with Crippen LogP contribution in [0.15, 0.2) is 24.3 Å². The second-order valence-electron chi connectivity index (χ2n) is 2.33. The van der Waals surface area contributed by atoms with Gasteiger partial charge in [0.2, 0.25) is 0 Å². The summed E-state index contributed by atoms with van der Waals surface area (Å²) in [5, 5.41) is 0. The third kappa shape index (κ3) is 11.0. The highest BCUT2D eigenvalue weighted by Crippen LogP contribution is 2.04. The van der Waals surface area contributed by atoms with Gasteiger partial charge in [0.15, 0.2) is 0 Å². The van der Waals surface area contributed by atoms with Gasteiger partial charge in [0.05, 0.1) is 0 Å². The maximum atomic E-state index is 8.52. The summed E-state index contributed by atoms with van der Waals surface area (Å²) < 4.78 is 34.1. The molecule has 82 valence electrons. The van der Waals surface area contributed by atoms with E-state index in [1.54, 1.807) is 0 Å². The monoisotopic (exact) mass is 222 g/mol. The van der Waals surface area contributed by atoms with Crippen molar-refractivity contribution in [3.8, 4) is 0 Å². The molecular weight excluding hydrogens is 208 g/mol. The first-order chi connectivity index (χ1) is 5.80. The van der Waals surface area contributed by atoms with Crippen LogP contribution in [0.5, 0.6) is 0 Å². The number of hydrogen-bond acceptors (Lipinski definition) is 4. The Labute approximate surface area is 82.9 Å². The average Bonchev–Trinajstić information content (AvgIpc) is 1.92. The van der Waals surface area contributed by atoms with Gasteiger partial charge in [0.25, 0.3) is 0 Å². The lowest BCUT2D eigenvalue weighted by Crippen LogP contribution is -2.40. The van der Waals surface area contributed by atoms with E-state index in [0.29, 0.717) is 0 Å². The Morgan fingerprint density at radius 2 is 1.57 bits per heavy atom. The Morgan fingerprint density at radius 3 is 1.79 bits per heavy atom. The van der Waals surface area contributed by atoms with Crippen molar-refractivity contribution >= 4 is 16.1 Å². The van der Waals surface area contributed by atoms with Crippen molar-refractivity contribution in [3.63, 3.8) is 0 Å². The van der Waals surface area contributed by atoms with Crippen molar-refractivity contribution in [2.24, 2.45) is 0 Å². The topological polar surface area (TPSA) is 144 Å². The first kappa shape index (κ1) is 15.5. The van der Waals surface area contributed by atoms with E-state index >= 15 is 0 Å². The number of rotatable bonds is 0. The lowest BCUT2D eigenvalue weighted by Gasteiger charge is -2.06. The van der Waals surface area contributed by atoms with Crippen LogP contribution in [-0.4, -0.2) is 17.5 Å². The zero-order valence-corrected chi connectivity index (χ0v) is 8.87. The van der Waals surface area contributed by atoms with Crippen molar-refractivity contribution in [2.75, 3.05) is 0 Å². The van der Waals surface area contributed by atoms with Gasteiger partial charge in [-0.1, -0.05) is 18.2 Å². The lowest BCUT2D eigenvalue weighted by atomic mass is 10.2. The molecular formula is C7H14N2O4S. The number of quaternary nitrogens is 2. The van der Waals surface area contributed by atoms with E-state index in [1.165, 1.54) is 5.56 Å². The number of aryl methyl sites for hydroxylation is 1. The van der Waals surface area contributed by atoms with Gasteiger partial charge in [-0.15, -0.1) is 0 Å². The zero-order valence-electron chi connectivity index (χ0n) is 8.06. The fraction of sp³-hybridized carbons (Fsp3) is 0.143. The fourth-order valence-corrected chi connectivity index (χ4v) is 0.610. The molecule has 0 atom stereocenters. The summed E-state index contributed by atoms with van der Waals surface area (Å²) in [4.78, 5) is 0. The van der Waals surface area contributed by atoms with Gasteiger partial charge in [-0.05, 0) is 13.0 Å². The molecule has 0 saturated heterocycles. The van der Waals surface area contributed by atoms with Crippen molar-refractivity contribution in [3.05, 3.63) is 29.8 Å². The Balaban J connectivity index is 0. The smallest absolute Gasteiger partial charge is 0.130 e. The van der Waals surface area contributed by atoms with Crippen LogP contribution >= 0.6 is 0 Å². The molecule has 7 N–H and O–H groups in total. The third-order valence-corrected chi connectivity index (χ3v) is 1.26. The zero-order chi connectivity index (χ0) is 10.5. The highest BCUT2D eigenvalue weighted by molar-refractivity contribution is 7.79. The molecule has 0 aliphatic rings.